The van der Waals surface area contributed by atoms with Crippen molar-refractivity contribution in [3.63, 3.8) is 0 Å². The number of carbonyl (C=O) groups excluding carboxylic acids is 1. The van der Waals surface area contributed by atoms with E-state index in [1.54, 1.807) is 12.5 Å². The lowest BCUT2D eigenvalue weighted by Gasteiger charge is -2.16. The standard InChI is InChI=1S/C26H19Cl2N3O3S/c1-15(18-5-3-4-6-19(18)27)34-22-13-24(35-25(22)26(32)33-2)31-14-30-20-11-16(7-8-21(20)31)17-9-10-29-23(28)12-17/h3-15H,1-2H3. The number of nitrogens with zero attached hydrogens (tertiary/aromatic N) is 3. The molecule has 0 amide bonds. The van der Waals surface area contributed by atoms with Crippen molar-refractivity contribution in [2.45, 2.75) is 13.0 Å². The molecule has 0 N–H and O–H groups in total. The molecule has 0 bridgehead atoms. The molecule has 9 heteroatoms. The third-order valence-electron chi connectivity index (χ3n) is 5.55. The first-order valence-electron chi connectivity index (χ1n) is 10.7. The Balaban J connectivity index is 1.52. The maximum Gasteiger partial charge on any atom is 0.351 e. The molecule has 0 aliphatic heterocycles. The van der Waals surface area contributed by atoms with E-state index >= 15 is 0 Å². The van der Waals surface area contributed by atoms with Crippen LogP contribution in [0.25, 0.3) is 27.2 Å². The summed E-state index contributed by atoms with van der Waals surface area (Å²) in [5, 5.41) is 1.80. The van der Waals surface area contributed by atoms with Gasteiger partial charge in [-0.2, -0.15) is 0 Å². The number of carbonyl (C=O) groups is 1. The first kappa shape index (κ1) is 23.4. The van der Waals surface area contributed by atoms with Crippen LogP contribution in [-0.4, -0.2) is 27.6 Å². The van der Waals surface area contributed by atoms with Crippen LogP contribution in [0.1, 0.15) is 28.3 Å². The van der Waals surface area contributed by atoms with Crippen molar-refractivity contribution in [2.75, 3.05) is 7.11 Å². The molecule has 3 heterocycles. The van der Waals surface area contributed by atoms with Crippen LogP contribution in [-0.2, 0) is 4.74 Å². The molecule has 0 aliphatic rings. The molecular formula is C26H19Cl2N3O3S. The first-order valence-corrected chi connectivity index (χ1v) is 12.2. The van der Waals surface area contributed by atoms with Crippen LogP contribution in [0.4, 0.5) is 0 Å². The fraction of sp³-hybridized carbons (Fsp3) is 0.115. The van der Waals surface area contributed by atoms with Crippen molar-refractivity contribution < 1.29 is 14.3 Å². The monoisotopic (exact) mass is 523 g/mol. The van der Waals surface area contributed by atoms with E-state index in [1.807, 2.05) is 72.2 Å². The lowest BCUT2D eigenvalue weighted by Crippen LogP contribution is -2.07. The van der Waals surface area contributed by atoms with Crippen LogP contribution >= 0.6 is 34.5 Å². The summed E-state index contributed by atoms with van der Waals surface area (Å²) in [6.45, 7) is 1.89. The van der Waals surface area contributed by atoms with Gasteiger partial charge in [0.05, 0.1) is 18.1 Å². The predicted molar refractivity (Wildman–Crippen MR) is 139 cm³/mol. The van der Waals surface area contributed by atoms with Crippen LogP contribution in [0.15, 0.2) is 73.2 Å². The summed E-state index contributed by atoms with van der Waals surface area (Å²) in [4.78, 5) is 21.5. The second-order valence-electron chi connectivity index (χ2n) is 7.74. The van der Waals surface area contributed by atoms with Gasteiger partial charge in [-0.3, -0.25) is 4.57 Å². The highest BCUT2D eigenvalue weighted by Crippen LogP contribution is 2.38. The van der Waals surface area contributed by atoms with Gasteiger partial charge in [0.15, 0.2) is 4.88 Å². The molecule has 2 aromatic carbocycles. The number of aromatic nitrogens is 3. The van der Waals surface area contributed by atoms with E-state index in [2.05, 4.69) is 9.97 Å². The van der Waals surface area contributed by atoms with Crippen molar-refractivity contribution in [1.29, 1.82) is 0 Å². The molecule has 6 nitrogen and oxygen atoms in total. The highest BCUT2D eigenvalue weighted by atomic mass is 35.5. The lowest BCUT2D eigenvalue weighted by molar-refractivity contribution is 0.0600. The smallest absolute Gasteiger partial charge is 0.351 e. The van der Waals surface area contributed by atoms with Gasteiger partial charge in [-0.25, -0.2) is 14.8 Å². The Labute approximate surface area is 215 Å². The van der Waals surface area contributed by atoms with Crippen LogP contribution < -0.4 is 4.74 Å². The van der Waals surface area contributed by atoms with E-state index in [4.69, 9.17) is 32.7 Å². The zero-order valence-corrected chi connectivity index (χ0v) is 21.1. The Morgan fingerprint density at radius 2 is 1.83 bits per heavy atom. The second kappa shape index (κ2) is 9.70. The van der Waals surface area contributed by atoms with E-state index in [9.17, 15) is 4.79 Å². The highest BCUT2D eigenvalue weighted by Gasteiger charge is 2.23. The average molecular weight is 524 g/mol. The molecule has 0 saturated carbocycles. The van der Waals surface area contributed by atoms with Gasteiger partial charge in [0, 0.05) is 22.8 Å². The number of methoxy groups -OCH3 is 1. The van der Waals surface area contributed by atoms with Crippen LogP contribution in [0.2, 0.25) is 10.2 Å². The normalized spacial score (nSPS) is 12.0. The van der Waals surface area contributed by atoms with Crippen LogP contribution in [0, 0.1) is 0 Å². The van der Waals surface area contributed by atoms with E-state index in [0.29, 0.717) is 20.8 Å². The number of imidazole rings is 1. The second-order valence-corrected chi connectivity index (χ2v) is 9.56. The molecule has 0 saturated heterocycles. The summed E-state index contributed by atoms with van der Waals surface area (Å²) in [5.41, 5.74) is 4.45. The molecule has 1 unspecified atom stereocenters. The van der Waals surface area contributed by atoms with Crippen molar-refractivity contribution >= 4 is 51.5 Å². The van der Waals surface area contributed by atoms with Gasteiger partial charge in [0.1, 0.15) is 28.3 Å². The molecule has 176 valence electrons. The van der Waals surface area contributed by atoms with Gasteiger partial charge in [0.2, 0.25) is 0 Å². The van der Waals surface area contributed by atoms with E-state index in [0.717, 1.165) is 32.7 Å². The topological polar surface area (TPSA) is 66.2 Å². The molecule has 1 atom stereocenters. The first-order chi connectivity index (χ1) is 16.9. The van der Waals surface area contributed by atoms with E-state index in [-0.39, 0.29) is 6.10 Å². The van der Waals surface area contributed by atoms with Gasteiger partial charge in [-0.05, 0) is 48.4 Å². The number of ether oxygens (including phenoxy) is 2. The van der Waals surface area contributed by atoms with Gasteiger partial charge in [-0.15, -0.1) is 11.3 Å². The van der Waals surface area contributed by atoms with Gasteiger partial charge >= 0.3 is 5.97 Å². The average Bonchev–Trinajstić information content (AvgIpc) is 3.47. The number of benzene rings is 2. The quantitative estimate of drug-likeness (QED) is 0.171. The van der Waals surface area contributed by atoms with Crippen molar-refractivity contribution in [2.24, 2.45) is 0 Å². The minimum atomic E-state index is -0.469. The Morgan fingerprint density at radius 1 is 1.03 bits per heavy atom. The minimum absolute atomic E-state index is 0.367. The Morgan fingerprint density at radius 3 is 2.60 bits per heavy atom. The van der Waals surface area contributed by atoms with Crippen LogP contribution in [0.3, 0.4) is 0 Å². The van der Waals surface area contributed by atoms with Crippen molar-refractivity contribution in [1.82, 2.24) is 14.5 Å². The third kappa shape index (κ3) is 4.62. The van der Waals surface area contributed by atoms with E-state index < -0.39 is 5.97 Å². The highest BCUT2D eigenvalue weighted by molar-refractivity contribution is 7.16. The number of thiophene rings is 1. The zero-order chi connectivity index (χ0) is 24.5. The predicted octanol–water partition coefficient (Wildman–Crippen LogP) is 7.38. The number of esters is 1. The van der Waals surface area contributed by atoms with Crippen molar-refractivity contribution in [3.05, 3.63) is 93.8 Å². The summed E-state index contributed by atoms with van der Waals surface area (Å²) in [6.07, 6.45) is 3.03. The SMILES string of the molecule is COC(=O)c1sc(-n2cnc3cc(-c4ccnc(Cl)c4)ccc32)cc1OC(C)c1ccccc1Cl. The molecular weight excluding hydrogens is 505 g/mol. The Hall–Kier alpha value is -3.39. The fourth-order valence-electron chi connectivity index (χ4n) is 3.81. The molecule has 0 radical (unpaired) electrons. The van der Waals surface area contributed by atoms with Crippen molar-refractivity contribution in [3.8, 4) is 21.9 Å². The maximum atomic E-state index is 12.5. The molecule has 0 aliphatic carbocycles. The molecule has 0 spiro atoms. The summed E-state index contributed by atoms with van der Waals surface area (Å²) in [5.74, 6) is -0.0435. The molecule has 35 heavy (non-hydrogen) atoms. The molecule has 0 fully saturated rings. The van der Waals surface area contributed by atoms with Gasteiger partial charge < -0.3 is 9.47 Å². The fourth-order valence-corrected chi connectivity index (χ4v) is 5.27. The Bertz CT molecular complexity index is 1550. The number of pyridine rings is 1. The largest absolute Gasteiger partial charge is 0.484 e. The summed E-state index contributed by atoms with van der Waals surface area (Å²) in [6, 6.07) is 19.0. The molecule has 5 aromatic rings. The zero-order valence-electron chi connectivity index (χ0n) is 18.7. The number of hydrogen-bond acceptors (Lipinski definition) is 6. The summed E-state index contributed by atoms with van der Waals surface area (Å²) in [7, 11) is 1.35. The number of hydrogen-bond donors (Lipinski definition) is 0. The maximum absolute atomic E-state index is 12.5. The number of halogens is 2. The third-order valence-corrected chi connectivity index (χ3v) is 7.19. The molecule has 3 aromatic heterocycles. The minimum Gasteiger partial charge on any atom is -0.484 e. The summed E-state index contributed by atoms with van der Waals surface area (Å²) < 4.78 is 13.1. The van der Waals surface area contributed by atoms with Gasteiger partial charge in [-0.1, -0.05) is 47.5 Å². The Kier molecular flexibility index (Phi) is 6.47. The van der Waals surface area contributed by atoms with Crippen LogP contribution in [0.5, 0.6) is 5.75 Å². The lowest BCUT2D eigenvalue weighted by atomic mass is 10.1. The molecule has 5 rings (SSSR count). The summed E-state index contributed by atoms with van der Waals surface area (Å²) >= 11 is 13.7. The van der Waals surface area contributed by atoms with Gasteiger partial charge in [0.25, 0.3) is 0 Å². The van der Waals surface area contributed by atoms with E-state index in [1.165, 1.54) is 18.4 Å². The number of fused-ring (bicyclic) bond motifs is 1. The number of rotatable bonds is 6.